The van der Waals surface area contributed by atoms with Gasteiger partial charge in [0.15, 0.2) is 0 Å². The van der Waals surface area contributed by atoms with Crippen molar-refractivity contribution in [2.45, 2.75) is 19.0 Å². The van der Waals surface area contributed by atoms with Crippen molar-refractivity contribution in [3.05, 3.63) is 52.6 Å². The number of furan rings is 1. The first-order chi connectivity index (χ1) is 13.7. The number of carbonyl (C=O) groups is 2. The molecule has 29 heavy (non-hydrogen) atoms. The van der Waals surface area contributed by atoms with Gasteiger partial charge in [-0.25, -0.2) is 0 Å². The fourth-order valence-electron chi connectivity index (χ4n) is 2.73. The number of alkyl halides is 3. The number of aliphatic carboxylic acids is 1. The number of nitrogens with zero attached hydrogens (tertiary/aromatic N) is 1. The van der Waals surface area contributed by atoms with Crippen LogP contribution in [-0.4, -0.2) is 32.7 Å². The van der Waals surface area contributed by atoms with Crippen molar-refractivity contribution in [2.75, 3.05) is 6.54 Å². The van der Waals surface area contributed by atoms with Gasteiger partial charge in [-0.1, -0.05) is 42.2 Å². The van der Waals surface area contributed by atoms with Crippen LogP contribution in [0.5, 0.6) is 0 Å². The fourth-order valence-corrected chi connectivity index (χ4v) is 4.02. The lowest BCUT2D eigenvalue weighted by Gasteiger charge is -2.13. The molecule has 152 valence electrons. The molecule has 1 aliphatic heterocycles. The number of carboxylic acids is 1. The maximum atomic E-state index is 13.2. The van der Waals surface area contributed by atoms with Crippen LogP contribution >= 0.6 is 24.0 Å². The minimum atomic E-state index is -4.53. The largest absolute Gasteiger partial charge is 0.481 e. The molecule has 0 aliphatic carbocycles. The highest BCUT2D eigenvalue weighted by Gasteiger charge is 2.34. The summed E-state index contributed by atoms with van der Waals surface area (Å²) in [5.74, 6) is -1.11. The molecule has 0 spiro atoms. The highest BCUT2D eigenvalue weighted by atomic mass is 32.2. The smallest absolute Gasteiger partial charge is 0.417 e. The SMILES string of the molecule is O=C(O)CCCN1C(=O)C(=Cc2ccc(-c3ccccc3C(F)(F)F)o2)SC1=S. The van der Waals surface area contributed by atoms with Gasteiger partial charge in [-0.2, -0.15) is 13.2 Å². The summed E-state index contributed by atoms with van der Waals surface area (Å²) in [7, 11) is 0. The molecule has 1 aromatic carbocycles. The predicted octanol–water partition coefficient (Wildman–Crippen LogP) is 5.03. The summed E-state index contributed by atoms with van der Waals surface area (Å²) in [6, 6.07) is 7.94. The van der Waals surface area contributed by atoms with E-state index in [0.29, 0.717) is 4.32 Å². The fraction of sp³-hybridized carbons (Fsp3) is 0.211. The predicted molar refractivity (Wildman–Crippen MR) is 106 cm³/mol. The van der Waals surface area contributed by atoms with Crippen molar-refractivity contribution in [1.82, 2.24) is 4.90 Å². The summed E-state index contributed by atoms with van der Waals surface area (Å²) in [5.41, 5.74) is -0.911. The second kappa shape index (κ2) is 8.42. The molecule has 2 heterocycles. The number of hydrogen-bond donors (Lipinski definition) is 1. The van der Waals surface area contributed by atoms with Gasteiger partial charge in [-0.3, -0.25) is 14.5 Å². The third-order valence-electron chi connectivity index (χ3n) is 4.04. The van der Waals surface area contributed by atoms with Gasteiger partial charge < -0.3 is 9.52 Å². The van der Waals surface area contributed by atoms with Gasteiger partial charge in [0.05, 0.1) is 10.5 Å². The van der Waals surface area contributed by atoms with Crippen LogP contribution < -0.4 is 0 Å². The first kappa shape index (κ1) is 21.1. The number of rotatable bonds is 6. The normalized spacial score (nSPS) is 16.1. The molecule has 0 bridgehead atoms. The number of hydrogen-bond acceptors (Lipinski definition) is 5. The Balaban J connectivity index is 1.80. The lowest BCUT2D eigenvalue weighted by Crippen LogP contribution is -2.29. The Morgan fingerprint density at radius 3 is 2.66 bits per heavy atom. The second-order valence-electron chi connectivity index (χ2n) is 6.08. The Kier molecular flexibility index (Phi) is 6.13. The van der Waals surface area contributed by atoms with Crippen LogP contribution in [0.1, 0.15) is 24.2 Å². The Bertz CT molecular complexity index is 997. The van der Waals surface area contributed by atoms with Crippen molar-refractivity contribution >= 4 is 46.3 Å². The molecule has 1 aromatic heterocycles. The molecule has 2 aromatic rings. The van der Waals surface area contributed by atoms with Crippen LogP contribution in [0.25, 0.3) is 17.4 Å². The van der Waals surface area contributed by atoms with Gasteiger partial charge in [0, 0.05) is 24.6 Å². The van der Waals surface area contributed by atoms with E-state index in [1.54, 1.807) is 0 Å². The molecule has 0 unspecified atom stereocenters. The third-order valence-corrected chi connectivity index (χ3v) is 5.42. The van der Waals surface area contributed by atoms with Crippen molar-refractivity contribution < 1.29 is 32.3 Å². The number of carbonyl (C=O) groups excluding carboxylic acids is 1. The summed E-state index contributed by atoms with van der Waals surface area (Å²) < 4.78 is 45.4. The lowest BCUT2D eigenvalue weighted by atomic mass is 10.1. The Labute approximate surface area is 173 Å². The average molecular weight is 441 g/mol. The molecule has 0 saturated carbocycles. The molecule has 1 N–H and O–H groups in total. The van der Waals surface area contributed by atoms with E-state index in [2.05, 4.69) is 0 Å². The molecule has 3 rings (SSSR count). The highest BCUT2D eigenvalue weighted by Crippen LogP contribution is 2.38. The van der Waals surface area contributed by atoms with Gasteiger partial charge >= 0.3 is 12.1 Å². The number of thiocarbonyl (C=S) groups is 1. The molecule has 0 radical (unpaired) electrons. The van der Waals surface area contributed by atoms with E-state index >= 15 is 0 Å². The van der Waals surface area contributed by atoms with Gasteiger partial charge in [-0.15, -0.1) is 0 Å². The van der Waals surface area contributed by atoms with Crippen LogP contribution in [0.15, 0.2) is 45.7 Å². The van der Waals surface area contributed by atoms with E-state index in [1.807, 2.05) is 0 Å². The standard InChI is InChI=1S/C19H14F3NO4S2/c20-19(21,22)13-5-2-1-4-12(13)14-8-7-11(27-14)10-15-17(26)23(18(28)29-15)9-3-6-16(24)25/h1-2,4-5,7-8,10H,3,6,9H2,(H,24,25). The topological polar surface area (TPSA) is 70.8 Å². The van der Waals surface area contributed by atoms with E-state index in [-0.39, 0.29) is 47.3 Å². The van der Waals surface area contributed by atoms with Crippen LogP contribution in [0.2, 0.25) is 0 Å². The van der Waals surface area contributed by atoms with Gasteiger partial charge in [0.25, 0.3) is 5.91 Å². The zero-order chi connectivity index (χ0) is 21.2. The third kappa shape index (κ3) is 4.88. The van der Waals surface area contributed by atoms with E-state index < -0.39 is 17.7 Å². The summed E-state index contributed by atoms with van der Waals surface area (Å²) >= 11 is 6.18. The first-order valence-electron chi connectivity index (χ1n) is 8.40. The average Bonchev–Trinajstić information content (AvgIpc) is 3.21. The molecule has 1 fully saturated rings. The number of carboxylic acid groups (broad SMARTS) is 1. The van der Waals surface area contributed by atoms with Crippen LogP contribution in [-0.2, 0) is 15.8 Å². The van der Waals surface area contributed by atoms with Crippen molar-refractivity contribution in [2.24, 2.45) is 0 Å². The van der Waals surface area contributed by atoms with E-state index in [4.69, 9.17) is 21.7 Å². The number of thioether (sulfide) groups is 1. The summed E-state index contributed by atoms with van der Waals surface area (Å²) in [6.07, 6.45) is -2.94. The Morgan fingerprint density at radius 1 is 1.24 bits per heavy atom. The van der Waals surface area contributed by atoms with E-state index in [9.17, 15) is 22.8 Å². The van der Waals surface area contributed by atoms with Crippen molar-refractivity contribution in [1.29, 1.82) is 0 Å². The number of halogens is 3. The van der Waals surface area contributed by atoms with Crippen molar-refractivity contribution in [3.8, 4) is 11.3 Å². The molecule has 0 atom stereocenters. The first-order valence-corrected chi connectivity index (χ1v) is 9.63. The Morgan fingerprint density at radius 2 is 1.97 bits per heavy atom. The molecular formula is C19H14F3NO4S2. The van der Waals surface area contributed by atoms with Crippen LogP contribution in [0.3, 0.4) is 0 Å². The van der Waals surface area contributed by atoms with E-state index in [0.717, 1.165) is 17.8 Å². The minimum absolute atomic E-state index is 0.0288. The summed E-state index contributed by atoms with van der Waals surface area (Å²) in [5, 5.41) is 8.70. The summed E-state index contributed by atoms with van der Waals surface area (Å²) in [6.45, 7) is 0.177. The molecular weight excluding hydrogens is 427 g/mol. The van der Waals surface area contributed by atoms with Gasteiger partial charge in [-0.05, 0) is 24.6 Å². The summed E-state index contributed by atoms with van der Waals surface area (Å²) in [4.78, 5) is 24.6. The molecule has 5 nitrogen and oxygen atoms in total. The zero-order valence-electron chi connectivity index (χ0n) is 14.7. The van der Waals surface area contributed by atoms with Crippen molar-refractivity contribution in [3.63, 3.8) is 0 Å². The number of benzene rings is 1. The van der Waals surface area contributed by atoms with Crippen LogP contribution in [0.4, 0.5) is 13.2 Å². The molecule has 1 aliphatic rings. The highest BCUT2D eigenvalue weighted by molar-refractivity contribution is 8.26. The van der Waals surface area contributed by atoms with Gasteiger partial charge in [0.1, 0.15) is 15.8 Å². The molecule has 1 saturated heterocycles. The second-order valence-corrected chi connectivity index (χ2v) is 7.75. The quantitative estimate of drug-likeness (QED) is 0.501. The monoisotopic (exact) mass is 441 g/mol. The molecule has 10 heteroatoms. The van der Waals surface area contributed by atoms with Crippen LogP contribution in [0, 0.1) is 0 Å². The minimum Gasteiger partial charge on any atom is -0.481 e. The maximum absolute atomic E-state index is 13.2. The zero-order valence-corrected chi connectivity index (χ0v) is 16.4. The number of amides is 1. The Hall–Kier alpha value is -2.59. The molecule has 1 amide bonds. The lowest BCUT2D eigenvalue weighted by molar-refractivity contribution is -0.138. The van der Waals surface area contributed by atoms with E-state index in [1.165, 1.54) is 41.3 Å². The maximum Gasteiger partial charge on any atom is 0.417 e. The van der Waals surface area contributed by atoms with Gasteiger partial charge in [0.2, 0.25) is 0 Å².